The van der Waals surface area contributed by atoms with Crippen LogP contribution in [-0.2, 0) is 0 Å². The molecule has 0 aliphatic carbocycles. The SMILES string of the molecule is CCCNc1ncc(C)c(-c2cccc(C)c2)n1. The van der Waals surface area contributed by atoms with Crippen molar-refractivity contribution in [2.75, 3.05) is 11.9 Å². The first-order valence-corrected chi connectivity index (χ1v) is 6.35. The van der Waals surface area contributed by atoms with Crippen LogP contribution in [0.5, 0.6) is 0 Å². The predicted molar refractivity (Wildman–Crippen MR) is 75.7 cm³/mol. The van der Waals surface area contributed by atoms with Crippen molar-refractivity contribution in [3.63, 3.8) is 0 Å². The van der Waals surface area contributed by atoms with Gasteiger partial charge in [-0.3, -0.25) is 0 Å². The normalized spacial score (nSPS) is 10.4. The minimum Gasteiger partial charge on any atom is -0.354 e. The van der Waals surface area contributed by atoms with Crippen molar-refractivity contribution in [3.05, 3.63) is 41.6 Å². The van der Waals surface area contributed by atoms with Crippen LogP contribution >= 0.6 is 0 Å². The van der Waals surface area contributed by atoms with E-state index in [9.17, 15) is 0 Å². The van der Waals surface area contributed by atoms with E-state index in [1.807, 2.05) is 13.1 Å². The molecule has 0 spiro atoms. The number of nitrogens with one attached hydrogen (secondary N) is 1. The molecular weight excluding hydrogens is 222 g/mol. The molecule has 0 saturated carbocycles. The number of aromatic nitrogens is 2. The smallest absolute Gasteiger partial charge is 0.223 e. The molecule has 0 aliphatic heterocycles. The highest BCUT2D eigenvalue weighted by atomic mass is 15.1. The van der Waals surface area contributed by atoms with Crippen molar-refractivity contribution >= 4 is 5.95 Å². The molecule has 0 saturated heterocycles. The minimum absolute atomic E-state index is 0.707. The fraction of sp³-hybridized carbons (Fsp3) is 0.333. The lowest BCUT2D eigenvalue weighted by atomic mass is 10.1. The predicted octanol–water partition coefficient (Wildman–Crippen LogP) is 3.58. The molecule has 3 nitrogen and oxygen atoms in total. The average Bonchev–Trinajstić information content (AvgIpc) is 2.38. The summed E-state index contributed by atoms with van der Waals surface area (Å²) >= 11 is 0. The van der Waals surface area contributed by atoms with Gasteiger partial charge in [-0.1, -0.05) is 30.7 Å². The van der Waals surface area contributed by atoms with Crippen LogP contribution in [0.3, 0.4) is 0 Å². The van der Waals surface area contributed by atoms with Gasteiger partial charge in [-0.15, -0.1) is 0 Å². The van der Waals surface area contributed by atoms with Gasteiger partial charge in [-0.2, -0.15) is 0 Å². The Kier molecular flexibility index (Phi) is 3.92. The molecule has 0 atom stereocenters. The van der Waals surface area contributed by atoms with Gasteiger partial charge in [-0.05, 0) is 31.9 Å². The molecule has 1 aromatic carbocycles. The summed E-state index contributed by atoms with van der Waals surface area (Å²) in [7, 11) is 0. The van der Waals surface area contributed by atoms with Gasteiger partial charge in [0.05, 0.1) is 5.69 Å². The molecular formula is C15H19N3. The second kappa shape index (κ2) is 5.63. The van der Waals surface area contributed by atoms with Gasteiger partial charge in [0.15, 0.2) is 0 Å². The number of nitrogens with zero attached hydrogens (tertiary/aromatic N) is 2. The molecule has 3 heteroatoms. The number of benzene rings is 1. The fourth-order valence-electron chi connectivity index (χ4n) is 1.85. The molecule has 1 heterocycles. The summed E-state index contributed by atoms with van der Waals surface area (Å²) in [6.07, 6.45) is 2.94. The average molecular weight is 241 g/mol. The maximum atomic E-state index is 4.60. The number of aryl methyl sites for hydroxylation is 2. The lowest BCUT2D eigenvalue weighted by Crippen LogP contribution is -2.05. The van der Waals surface area contributed by atoms with Gasteiger partial charge in [0, 0.05) is 18.3 Å². The zero-order valence-corrected chi connectivity index (χ0v) is 11.2. The fourth-order valence-corrected chi connectivity index (χ4v) is 1.85. The Labute approximate surface area is 108 Å². The maximum Gasteiger partial charge on any atom is 0.223 e. The molecule has 0 bridgehead atoms. The van der Waals surface area contributed by atoms with Crippen molar-refractivity contribution in [1.29, 1.82) is 0 Å². The molecule has 0 radical (unpaired) electrons. The van der Waals surface area contributed by atoms with E-state index in [1.165, 1.54) is 5.56 Å². The minimum atomic E-state index is 0.707. The third kappa shape index (κ3) is 2.86. The monoisotopic (exact) mass is 241 g/mol. The Morgan fingerprint density at radius 1 is 1.22 bits per heavy atom. The number of anilines is 1. The summed E-state index contributed by atoms with van der Waals surface area (Å²) in [5.74, 6) is 0.707. The topological polar surface area (TPSA) is 37.8 Å². The molecule has 1 aromatic heterocycles. The van der Waals surface area contributed by atoms with Gasteiger partial charge in [-0.25, -0.2) is 9.97 Å². The highest BCUT2D eigenvalue weighted by molar-refractivity contribution is 5.64. The summed E-state index contributed by atoms with van der Waals surface area (Å²) in [4.78, 5) is 8.90. The van der Waals surface area contributed by atoms with Crippen LogP contribution in [0.15, 0.2) is 30.5 Å². The summed E-state index contributed by atoms with van der Waals surface area (Å²) in [5, 5.41) is 3.22. The Bertz CT molecular complexity index is 535. The molecule has 0 fully saturated rings. The molecule has 2 aromatic rings. The summed E-state index contributed by atoms with van der Waals surface area (Å²) in [6, 6.07) is 8.40. The van der Waals surface area contributed by atoms with E-state index in [4.69, 9.17) is 0 Å². The largest absolute Gasteiger partial charge is 0.354 e. The third-order valence-corrected chi connectivity index (χ3v) is 2.80. The van der Waals surface area contributed by atoms with Crippen LogP contribution in [-0.4, -0.2) is 16.5 Å². The van der Waals surface area contributed by atoms with Crippen molar-refractivity contribution in [1.82, 2.24) is 9.97 Å². The lowest BCUT2D eigenvalue weighted by Gasteiger charge is -2.09. The van der Waals surface area contributed by atoms with Crippen molar-refractivity contribution in [2.24, 2.45) is 0 Å². The lowest BCUT2D eigenvalue weighted by molar-refractivity contribution is 0.951. The summed E-state index contributed by atoms with van der Waals surface area (Å²) in [6.45, 7) is 7.16. The van der Waals surface area contributed by atoms with E-state index in [-0.39, 0.29) is 0 Å². The van der Waals surface area contributed by atoms with E-state index in [2.05, 4.69) is 53.4 Å². The summed E-state index contributed by atoms with van der Waals surface area (Å²) in [5.41, 5.74) is 4.50. The quantitative estimate of drug-likeness (QED) is 0.889. The Morgan fingerprint density at radius 2 is 2.06 bits per heavy atom. The summed E-state index contributed by atoms with van der Waals surface area (Å²) < 4.78 is 0. The molecule has 2 rings (SSSR count). The molecule has 94 valence electrons. The third-order valence-electron chi connectivity index (χ3n) is 2.80. The number of hydrogen-bond acceptors (Lipinski definition) is 3. The van der Waals surface area contributed by atoms with Crippen molar-refractivity contribution in [3.8, 4) is 11.3 Å². The van der Waals surface area contributed by atoms with Gasteiger partial charge in [0.2, 0.25) is 5.95 Å². The molecule has 0 aliphatic rings. The Morgan fingerprint density at radius 3 is 2.78 bits per heavy atom. The highest BCUT2D eigenvalue weighted by Gasteiger charge is 2.06. The van der Waals surface area contributed by atoms with Crippen molar-refractivity contribution in [2.45, 2.75) is 27.2 Å². The van der Waals surface area contributed by atoms with E-state index in [0.29, 0.717) is 5.95 Å². The first-order chi connectivity index (χ1) is 8.70. The van der Waals surface area contributed by atoms with Crippen LogP contribution in [0.4, 0.5) is 5.95 Å². The second-order valence-electron chi connectivity index (χ2n) is 4.52. The zero-order chi connectivity index (χ0) is 13.0. The van der Waals surface area contributed by atoms with Crippen LogP contribution in [0.1, 0.15) is 24.5 Å². The first-order valence-electron chi connectivity index (χ1n) is 6.35. The maximum absolute atomic E-state index is 4.60. The van der Waals surface area contributed by atoms with Crippen LogP contribution < -0.4 is 5.32 Å². The zero-order valence-electron chi connectivity index (χ0n) is 11.2. The Hall–Kier alpha value is -1.90. The highest BCUT2D eigenvalue weighted by Crippen LogP contribution is 2.22. The van der Waals surface area contributed by atoms with E-state index in [0.717, 1.165) is 29.8 Å². The Balaban J connectivity index is 2.37. The second-order valence-corrected chi connectivity index (χ2v) is 4.52. The molecule has 0 amide bonds. The molecule has 1 N–H and O–H groups in total. The van der Waals surface area contributed by atoms with E-state index < -0.39 is 0 Å². The number of rotatable bonds is 4. The van der Waals surface area contributed by atoms with Gasteiger partial charge in [0.25, 0.3) is 0 Å². The first kappa shape index (κ1) is 12.6. The van der Waals surface area contributed by atoms with Crippen LogP contribution in [0.2, 0.25) is 0 Å². The number of hydrogen-bond donors (Lipinski definition) is 1. The molecule has 18 heavy (non-hydrogen) atoms. The van der Waals surface area contributed by atoms with E-state index in [1.54, 1.807) is 0 Å². The van der Waals surface area contributed by atoms with Gasteiger partial charge >= 0.3 is 0 Å². The molecule has 0 unspecified atom stereocenters. The van der Waals surface area contributed by atoms with Crippen molar-refractivity contribution < 1.29 is 0 Å². The van der Waals surface area contributed by atoms with Gasteiger partial charge in [0.1, 0.15) is 0 Å². The van der Waals surface area contributed by atoms with Crippen LogP contribution in [0.25, 0.3) is 11.3 Å². The standard InChI is InChI=1S/C15H19N3/c1-4-8-16-15-17-10-12(3)14(18-15)13-7-5-6-11(2)9-13/h5-7,9-10H,4,8H2,1-3H3,(H,16,17,18). The van der Waals surface area contributed by atoms with Crippen LogP contribution in [0, 0.1) is 13.8 Å². The van der Waals surface area contributed by atoms with E-state index >= 15 is 0 Å². The van der Waals surface area contributed by atoms with Gasteiger partial charge < -0.3 is 5.32 Å².